The van der Waals surface area contributed by atoms with Gasteiger partial charge in [-0.05, 0) is 19.2 Å². The summed E-state index contributed by atoms with van der Waals surface area (Å²) in [7, 11) is 3.49. The monoisotopic (exact) mass is 307 g/mol. The highest BCUT2D eigenvalue weighted by atomic mass is 35.5. The van der Waals surface area contributed by atoms with Crippen molar-refractivity contribution in [1.82, 2.24) is 5.32 Å². The van der Waals surface area contributed by atoms with Crippen LogP contribution >= 0.6 is 23.2 Å². The average Bonchev–Trinajstić information content (AvgIpc) is 2.36. The summed E-state index contributed by atoms with van der Waals surface area (Å²) >= 11 is 12.1. The molecule has 0 heterocycles. The molecule has 0 fully saturated rings. The van der Waals surface area contributed by atoms with Gasteiger partial charge in [-0.15, -0.1) is 0 Å². The van der Waals surface area contributed by atoms with E-state index in [1.807, 2.05) is 13.1 Å². The second-order valence-electron chi connectivity index (χ2n) is 3.86. The van der Waals surface area contributed by atoms with Crippen molar-refractivity contribution in [3.8, 4) is 5.75 Å². The molecule has 0 amide bonds. The maximum atomic E-state index is 6.13. The number of nitrogens with one attached hydrogen (secondary N) is 1. The fraction of sp³-hybridized carbons (Fsp3) is 0.538. The molecular weight excluding hydrogens is 289 g/mol. The van der Waals surface area contributed by atoms with Crippen LogP contribution in [0.5, 0.6) is 5.75 Å². The molecule has 0 aromatic heterocycles. The Bertz CT molecular complexity index is 388. The Kier molecular flexibility index (Phi) is 8.18. The van der Waals surface area contributed by atoms with Crippen molar-refractivity contribution in [2.24, 2.45) is 0 Å². The van der Waals surface area contributed by atoms with E-state index in [-0.39, 0.29) is 0 Å². The number of benzene rings is 1. The summed E-state index contributed by atoms with van der Waals surface area (Å²) in [4.78, 5) is 0. The molecule has 108 valence electrons. The normalized spacial score (nSPS) is 10.7. The van der Waals surface area contributed by atoms with Gasteiger partial charge in [0.2, 0.25) is 0 Å². The van der Waals surface area contributed by atoms with Gasteiger partial charge in [-0.3, -0.25) is 0 Å². The fourth-order valence-electron chi connectivity index (χ4n) is 1.54. The van der Waals surface area contributed by atoms with Crippen LogP contribution in [0.1, 0.15) is 5.56 Å². The highest BCUT2D eigenvalue weighted by molar-refractivity contribution is 6.35. The van der Waals surface area contributed by atoms with Crippen molar-refractivity contribution < 1.29 is 14.2 Å². The summed E-state index contributed by atoms with van der Waals surface area (Å²) in [6, 6.07) is 3.51. The van der Waals surface area contributed by atoms with Crippen LogP contribution in [-0.2, 0) is 16.0 Å². The first-order chi connectivity index (χ1) is 9.19. The molecule has 0 radical (unpaired) electrons. The Labute approximate surface area is 123 Å². The molecule has 1 rings (SSSR count). The number of rotatable bonds is 9. The van der Waals surface area contributed by atoms with Crippen molar-refractivity contribution in [3.05, 3.63) is 27.7 Å². The lowest BCUT2D eigenvalue weighted by molar-refractivity contribution is 0.0543. The van der Waals surface area contributed by atoms with E-state index >= 15 is 0 Å². The second kappa shape index (κ2) is 9.39. The van der Waals surface area contributed by atoms with E-state index in [0.29, 0.717) is 48.8 Å². The SMILES string of the molecule is CNCc1cc(Cl)cc(Cl)c1OCCOCCOC. The minimum atomic E-state index is 0.432. The molecular formula is C13H19Cl2NO3. The zero-order chi connectivity index (χ0) is 14.1. The first-order valence-corrected chi connectivity index (χ1v) is 6.76. The topological polar surface area (TPSA) is 39.7 Å². The highest BCUT2D eigenvalue weighted by Gasteiger charge is 2.10. The molecule has 1 aromatic rings. The third-order valence-electron chi connectivity index (χ3n) is 2.36. The molecule has 0 bridgehead atoms. The Morgan fingerprint density at radius 2 is 1.84 bits per heavy atom. The van der Waals surface area contributed by atoms with E-state index in [4.69, 9.17) is 37.4 Å². The smallest absolute Gasteiger partial charge is 0.142 e. The summed E-state index contributed by atoms with van der Waals surface area (Å²) in [5.41, 5.74) is 0.928. The van der Waals surface area contributed by atoms with Crippen molar-refractivity contribution in [2.75, 3.05) is 40.6 Å². The Balaban J connectivity index is 2.51. The first kappa shape index (κ1) is 16.5. The van der Waals surface area contributed by atoms with Crippen LogP contribution in [0.15, 0.2) is 12.1 Å². The molecule has 0 aliphatic rings. The standard InChI is InChI=1S/C13H19Cl2NO3/c1-16-9-10-7-11(14)8-12(15)13(10)19-6-5-18-4-3-17-2/h7-8,16H,3-6,9H2,1-2H3. The number of methoxy groups -OCH3 is 1. The van der Waals surface area contributed by atoms with E-state index in [0.717, 1.165) is 5.56 Å². The lowest BCUT2D eigenvalue weighted by Crippen LogP contribution is -2.12. The van der Waals surface area contributed by atoms with Crippen LogP contribution in [0.4, 0.5) is 0 Å². The lowest BCUT2D eigenvalue weighted by Gasteiger charge is -2.14. The zero-order valence-corrected chi connectivity index (χ0v) is 12.7. The summed E-state index contributed by atoms with van der Waals surface area (Å²) < 4.78 is 15.9. The Hall–Kier alpha value is -0.520. The van der Waals surface area contributed by atoms with Crippen LogP contribution in [0.25, 0.3) is 0 Å². The maximum Gasteiger partial charge on any atom is 0.142 e. The number of halogens is 2. The second-order valence-corrected chi connectivity index (χ2v) is 4.70. The molecule has 19 heavy (non-hydrogen) atoms. The largest absolute Gasteiger partial charge is 0.489 e. The van der Waals surface area contributed by atoms with Crippen LogP contribution in [-0.4, -0.2) is 40.6 Å². The van der Waals surface area contributed by atoms with Crippen molar-refractivity contribution in [3.63, 3.8) is 0 Å². The van der Waals surface area contributed by atoms with Gasteiger partial charge in [0.25, 0.3) is 0 Å². The molecule has 0 atom stereocenters. The average molecular weight is 308 g/mol. The van der Waals surface area contributed by atoms with Crippen LogP contribution in [0, 0.1) is 0 Å². The quantitative estimate of drug-likeness (QED) is 0.712. The molecule has 1 N–H and O–H groups in total. The van der Waals surface area contributed by atoms with Gasteiger partial charge in [-0.25, -0.2) is 0 Å². The zero-order valence-electron chi connectivity index (χ0n) is 11.2. The molecule has 1 aromatic carbocycles. The third kappa shape index (κ3) is 5.97. The molecule has 4 nitrogen and oxygen atoms in total. The van der Waals surface area contributed by atoms with Gasteiger partial charge in [0.1, 0.15) is 12.4 Å². The van der Waals surface area contributed by atoms with E-state index in [1.54, 1.807) is 13.2 Å². The predicted molar refractivity (Wildman–Crippen MR) is 77.4 cm³/mol. The first-order valence-electron chi connectivity index (χ1n) is 6.01. The van der Waals surface area contributed by atoms with Gasteiger partial charge in [0.05, 0.1) is 24.8 Å². The molecule has 0 saturated carbocycles. The minimum Gasteiger partial charge on any atom is -0.489 e. The fourth-order valence-corrected chi connectivity index (χ4v) is 2.13. The van der Waals surface area contributed by atoms with Crippen LogP contribution < -0.4 is 10.1 Å². The maximum absolute atomic E-state index is 6.13. The molecule has 0 aliphatic carbocycles. The van der Waals surface area contributed by atoms with E-state index in [2.05, 4.69) is 5.32 Å². The number of ether oxygens (including phenoxy) is 3. The third-order valence-corrected chi connectivity index (χ3v) is 2.86. The molecule has 0 aliphatic heterocycles. The summed E-state index contributed by atoms with van der Waals surface area (Å²) in [6.45, 7) is 2.69. The molecule has 0 saturated heterocycles. The van der Waals surface area contributed by atoms with Crippen molar-refractivity contribution >= 4 is 23.2 Å². The molecule has 0 spiro atoms. The van der Waals surface area contributed by atoms with Gasteiger partial charge < -0.3 is 19.5 Å². The minimum absolute atomic E-state index is 0.432. The van der Waals surface area contributed by atoms with Crippen molar-refractivity contribution in [1.29, 1.82) is 0 Å². The Morgan fingerprint density at radius 1 is 1.11 bits per heavy atom. The van der Waals surface area contributed by atoms with E-state index in [9.17, 15) is 0 Å². The summed E-state index contributed by atoms with van der Waals surface area (Å²) in [5, 5.41) is 4.16. The van der Waals surface area contributed by atoms with Crippen LogP contribution in [0.3, 0.4) is 0 Å². The number of hydrogen-bond donors (Lipinski definition) is 1. The number of hydrogen-bond acceptors (Lipinski definition) is 4. The molecule has 6 heteroatoms. The lowest BCUT2D eigenvalue weighted by atomic mass is 10.2. The van der Waals surface area contributed by atoms with Gasteiger partial charge in [0.15, 0.2) is 0 Å². The van der Waals surface area contributed by atoms with Gasteiger partial charge in [0, 0.05) is 24.2 Å². The van der Waals surface area contributed by atoms with E-state index in [1.165, 1.54) is 0 Å². The molecule has 0 unspecified atom stereocenters. The van der Waals surface area contributed by atoms with Crippen LogP contribution in [0.2, 0.25) is 10.0 Å². The summed E-state index contributed by atoms with van der Waals surface area (Å²) in [6.07, 6.45) is 0. The highest BCUT2D eigenvalue weighted by Crippen LogP contribution is 2.32. The van der Waals surface area contributed by atoms with Crippen molar-refractivity contribution in [2.45, 2.75) is 6.54 Å². The van der Waals surface area contributed by atoms with Gasteiger partial charge in [-0.1, -0.05) is 23.2 Å². The van der Waals surface area contributed by atoms with Gasteiger partial charge in [-0.2, -0.15) is 0 Å². The predicted octanol–water partition coefficient (Wildman–Crippen LogP) is 2.75. The Morgan fingerprint density at radius 3 is 2.53 bits per heavy atom. The van der Waals surface area contributed by atoms with E-state index < -0.39 is 0 Å². The summed E-state index contributed by atoms with van der Waals surface area (Å²) in [5.74, 6) is 0.649. The van der Waals surface area contributed by atoms with Gasteiger partial charge >= 0.3 is 0 Å².